The third-order valence-corrected chi connectivity index (χ3v) is 2.98. The van der Waals surface area contributed by atoms with Crippen LogP contribution in [0.2, 0.25) is 0 Å². The van der Waals surface area contributed by atoms with E-state index in [1.165, 1.54) is 12.1 Å². The fraction of sp³-hybridized carbons (Fsp3) is 0.154. The summed E-state index contributed by atoms with van der Waals surface area (Å²) in [5.41, 5.74) is -0.431. The van der Waals surface area contributed by atoms with Gasteiger partial charge in [-0.25, -0.2) is 4.98 Å². The number of alkyl halides is 3. The number of halogens is 4. The molecule has 0 atom stereocenters. The molecule has 0 saturated carbocycles. The van der Waals surface area contributed by atoms with Crippen molar-refractivity contribution >= 4 is 21.7 Å². The van der Waals surface area contributed by atoms with Crippen molar-refractivity contribution in [3.05, 3.63) is 58.2 Å². The molecule has 0 unspecified atom stereocenters. The monoisotopic (exact) mass is 330 g/mol. The van der Waals surface area contributed by atoms with Crippen molar-refractivity contribution in [3.63, 3.8) is 0 Å². The molecule has 0 aliphatic carbocycles. The van der Waals surface area contributed by atoms with Gasteiger partial charge >= 0.3 is 6.18 Å². The van der Waals surface area contributed by atoms with E-state index < -0.39 is 11.7 Å². The zero-order chi connectivity index (χ0) is 13.9. The average Bonchev–Trinajstić information content (AvgIpc) is 2.37. The molecule has 1 aromatic heterocycles. The summed E-state index contributed by atoms with van der Waals surface area (Å²) in [6, 6.07) is 8.96. The molecule has 0 fully saturated rings. The summed E-state index contributed by atoms with van der Waals surface area (Å²) in [5, 5.41) is 2.87. The second-order valence-corrected chi connectivity index (χ2v) is 4.79. The number of nitrogens with one attached hydrogen (secondary N) is 1. The molecule has 0 bridgehead atoms. The minimum absolute atomic E-state index is 0.0737. The van der Waals surface area contributed by atoms with E-state index in [4.69, 9.17) is 0 Å². The molecule has 2 aromatic rings. The quantitative estimate of drug-likeness (QED) is 0.897. The van der Waals surface area contributed by atoms with Crippen LogP contribution >= 0.6 is 15.9 Å². The van der Waals surface area contributed by atoms with E-state index in [2.05, 4.69) is 26.2 Å². The van der Waals surface area contributed by atoms with Gasteiger partial charge in [-0.3, -0.25) is 0 Å². The van der Waals surface area contributed by atoms with Gasteiger partial charge in [-0.1, -0.05) is 18.2 Å². The second kappa shape index (κ2) is 5.61. The Morgan fingerprint density at radius 1 is 1.11 bits per heavy atom. The van der Waals surface area contributed by atoms with Crippen molar-refractivity contribution in [2.75, 3.05) is 5.32 Å². The summed E-state index contributed by atoms with van der Waals surface area (Å²) >= 11 is 3.24. The number of benzene rings is 1. The van der Waals surface area contributed by atoms with Gasteiger partial charge in [0.25, 0.3) is 0 Å². The molecule has 100 valence electrons. The highest BCUT2D eigenvalue weighted by Crippen LogP contribution is 2.32. The van der Waals surface area contributed by atoms with E-state index in [0.29, 0.717) is 5.82 Å². The first-order chi connectivity index (χ1) is 8.97. The summed E-state index contributed by atoms with van der Waals surface area (Å²) < 4.78 is 39.1. The van der Waals surface area contributed by atoms with Crippen LogP contribution in [0, 0.1) is 0 Å². The van der Waals surface area contributed by atoms with Gasteiger partial charge in [-0.05, 0) is 39.7 Å². The molecule has 0 aliphatic rings. The van der Waals surface area contributed by atoms with Crippen LogP contribution in [0.3, 0.4) is 0 Å². The Bertz CT molecular complexity index is 553. The standard InChI is InChI=1S/C13H10BrF3N2/c14-10-5-6-12(19-8-10)18-7-9-3-1-2-4-11(9)13(15,16)17/h1-6,8H,7H2,(H,18,19). The lowest BCUT2D eigenvalue weighted by Gasteiger charge is -2.13. The first-order valence-corrected chi connectivity index (χ1v) is 6.26. The number of aromatic nitrogens is 1. The number of hydrogen-bond donors (Lipinski definition) is 1. The summed E-state index contributed by atoms with van der Waals surface area (Å²) in [4.78, 5) is 4.05. The SMILES string of the molecule is FC(F)(F)c1ccccc1CNc1ccc(Br)cn1. The Balaban J connectivity index is 2.14. The van der Waals surface area contributed by atoms with Gasteiger partial charge < -0.3 is 5.32 Å². The van der Waals surface area contributed by atoms with E-state index in [-0.39, 0.29) is 12.1 Å². The predicted molar refractivity (Wildman–Crippen MR) is 70.7 cm³/mol. The van der Waals surface area contributed by atoms with Crippen molar-refractivity contribution in [1.29, 1.82) is 0 Å². The largest absolute Gasteiger partial charge is 0.416 e. The van der Waals surface area contributed by atoms with Crippen LogP contribution in [0.5, 0.6) is 0 Å². The Labute approximate surface area is 116 Å². The molecule has 1 aromatic carbocycles. The van der Waals surface area contributed by atoms with Crippen LogP contribution in [0.1, 0.15) is 11.1 Å². The minimum atomic E-state index is -4.34. The van der Waals surface area contributed by atoms with Gasteiger partial charge in [0, 0.05) is 17.2 Å². The third-order valence-electron chi connectivity index (χ3n) is 2.51. The summed E-state index contributed by atoms with van der Waals surface area (Å²) in [7, 11) is 0. The molecular weight excluding hydrogens is 321 g/mol. The Morgan fingerprint density at radius 3 is 2.47 bits per heavy atom. The molecule has 19 heavy (non-hydrogen) atoms. The molecule has 6 heteroatoms. The molecule has 2 nitrogen and oxygen atoms in total. The highest BCUT2D eigenvalue weighted by atomic mass is 79.9. The third kappa shape index (κ3) is 3.70. The van der Waals surface area contributed by atoms with Crippen LogP contribution in [-0.4, -0.2) is 4.98 Å². The molecule has 2 rings (SSSR count). The van der Waals surface area contributed by atoms with Crippen LogP contribution in [0.15, 0.2) is 47.1 Å². The van der Waals surface area contributed by atoms with Gasteiger partial charge in [0.05, 0.1) is 5.56 Å². The smallest absolute Gasteiger partial charge is 0.366 e. The van der Waals surface area contributed by atoms with Crippen molar-refractivity contribution in [2.24, 2.45) is 0 Å². The highest BCUT2D eigenvalue weighted by molar-refractivity contribution is 9.10. The summed E-state index contributed by atoms with van der Waals surface area (Å²) in [5.74, 6) is 0.528. The number of nitrogens with zero attached hydrogens (tertiary/aromatic N) is 1. The van der Waals surface area contributed by atoms with E-state index in [9.17, 15) is 13.2 Å². The maximum absolute atomic E-state index is 12.8. The van der Waals surface area contributed by atoms with Crippen LogP contribution in [0.25, 0.3) is 0 Å². The normalized spacial score (nSPS) is 11.4. The maximum Gasteiger partial charge on any atom is 0.416 e. The number of anilines is 1. The molecule has 0 aliphatic heterocycles. The van der Waals surface area contributed by atoms with Crippen molar-refractivity contribution in [1.82, 2.24) is 4.98 Å². The molecule has 0 radical (unpaired) electrons. The average molecular weight is 331 g/mol. The maximum atomic E-state index is 12.8. The first-order valence-electron chi connectivity index (χ1n) is 5.47. The van der Waals surface area contributed by atoms with E-state index >= 15 is 0 Å². The predicted octanol–water partition coefficient (Wildman–Crippen LogP) is 4.48. The molecule has 0 amide bonds. The molecule has 1 heterocycles. The van der Waals surface area contributed by atoms with Crippen LogP contribution < -0.4 is 5.32 Å². The summed E-state index contributed by atoms with van der Waals surface area (Å²) in [6.45, 7) is 0.0737. The van der Waals surface area contributed by atoms with Gasteiger partial charge in [-0.2, -0.15) is 13.2 Å². The molecule has 0 saturated heterocycles. The number of hydrogen-bond acceptors (Lipinski definition) is 2. The lowest BCUT2D eigenvalue weighted by molar-refractivity contribution is -0.138. The van der Waals surface area contributed by atoms with Gasteiger partial charge in [0.1, 0.15) is 5.82 Å². The Kier molecular flexibility index (Phi) is 4.09. The van der Waals surface area contributed by atoms with Crippen LogP contribution in [0.4, 0.5) is 19.0 Å². The van der Waals surface area contributed by atoms with Crippen molar-refractivity contribution in [2.45, 2.75) is 12.7 Å². The molecule has 1 N–H and O–H groups in total. The first kappa shape index (κ1) is 13.9. The van der Waals surface area contributed by atoms with Gasteiger partial charge in [0.2, 0.25) is 0 Å². The number of rotatable bonds is 3. The van der Waals surface area contributed by atoms with Gasteiger partial charge in [0.15, 0.2) is 0 Å². The fourth-order valence-electron chi connectivity index (χ4n) is 1.62. The topological polar surface area (TPSA) is 24.9 Å². The van der Waals surface area contributed by atoms with E-state index in [1.54, 1.807) is 24.4 Å². The molecular formula is C13H10BrF3N2. The lowest BCUT2D eigenvalue weighted by Crippen LogP contribution is -2.12. The fourth-order valence-corrected chi connectivity index (χ4v) is 1.85. The minimum Gasteiger partial charge on any atom is -0.366 e. The van der Waals surface area contributed by atoms with Crippen molar-refractivity contribution in [3.8, 4) is 0 Å². The zero-order valence-corrected chi connectivity index (χ0v) is 11.3. The van der Waals surface area contributed by atoms with Crippen molar-refractivity contribution < 1.29 is 13.2 Å². The van der Waals surface area contributed by atoms with Crippen LogP contribution in [-0.2, 0) is 12.7 Å². The Hall–Kier alpha value is -1.56. The van der Waals surface area contributed by atoms with E-state index in [0.717, 1.165) is 10.5 Å². The summed E-state index contributed by atoms with van der Waals surface area (Å²) in [6.07, 6.45) is -2.76. The second-order valence-electron chi connectivity index (χ2n) is 3.87. The van der Waals surface area contributed by atoms with E-state index in [1.807, 2.05) is 0 Å². The highest BCUT2D eigenvalue weighted by Gasteiger charge is 2.32. The lowest BCUT2D eigenvalue weighted by atomic mass is 10.1. The van der Waals surface area contributed by atoms with Gasteiger partial charge in [-0.15, -0.1) is 0 Å². The number of pyridine rings is 1. The Morgan fingerprint density at radius 2 is 1.84 bits per heavy atom. The zero-order valence-electron chi connectivity index (χ0n) is 9.71. The molecule has 0 spiro atoms.